The lowest BCUT2D eigenvalue weighted by molar-refractivity contribution is 0.0602. The van der Waals surface area contributed by atoms with Crippen molar-refractivity contribution < 1.29 is 18.8 Å². The molecule has 0 aliphatic rings. The first-order chi connectivity index (χ1) is 12.1. The molecule has 0 saturated carbocycles. The third-order valence-electron chi connectivity index (χ3n) is 3.45. The molecular formula is C18H13BrN2O4. The van der Waals surface area contributed by atoms with E-state index >= 15 is 0 Å². The van der Waals surface area contributed by atoms with Crippen LogP contribution in [0.2, 0.25) is 0 Å². The van der Waals surface area contributed by atoms with Gasteiger partial charge in [-0.1, -0.05) is 45.4 Å². The SMILES string of the molecule is COC(=O)c1ccccc1NC(=O)c1cc(-c2ccc(Br)cc2)on1. The number of methoxy groups -OCH3 is 1. The first-order valence-electron chi connectivity index (χ1n) is 7.30. The summed E-state index contributed by atoms with van der Waals surface area (Å²) in [5.74, 6) is -0.547. The molecule has 0 saturated heterocycles. The van der Waals surface area contributed by atoms with Crippen LogP contribution in [-0.2, 0) is 4.74 Å². The molecule has 1 aromatic heterocycles. The summed E-state index contributed by atoms with van der Waals surface area (Å²) in [6.07, 6.45) is 0. The van der Waals surface area contributed by atoms with Crippen molar-refractivity contribution in [2.24, 2.45) is 0 Å². The minimum absolute atomic E-state index is 0.109. The van der Waals surface area contributed by atoms with Crippen LogP contribution in [0.3, 0.4) is 0 Å². The number of ether oxygens (including phenoxy) is 1. The number of amides is 1. The van der Waals surface area contributed by atoms with E-state index in [2.05, 4.69) is 26.4 Å². The Morgan fingerprint density at radius 1 is 1.12 bits per heavy atom. The van der Waals surface area contributed by atoms with E-state index < -0.39 is 11.9 Å². The number of carbonyl (C=O) groups is 2. The highest BCUT2D eigenvalue weighted by Gasteiger charge is 2.17. The molecule has 7 heteroatoms. The Kier molecular flexibility index (Phi) is 4.95. The minimum Gasteiger partial charge on any atom is -0.465 e. The lowest BCUT2D eigenvalue weighted by Gasteiger charge is -2.07. The summed E-state index contributed by atoms with van der Waals surface area (Å²) in [4.78, 5) is 24.1. The number of aromatic nitrogens is 1. The van der Waals surface area contributed by atoms with Crippen LogP contribution in [0.25, 0.3) is 11.3 Å². The van der Waals surface area contributed by atoms with Gasteiger partial charge in [0.25, 0.3) is 5.91 Å². The summed E-state index contributed by atoms with van der Waals surface area (Å²) in [5.41, 5.74) is 1.50. The van der Waals surface area contributed by atoms with E-state index in [-0.39, 0.29) is 11.3 Å². The zero-order valence-electron chi connectivity index (χ0n) is 13.2. The number of hydrogen-bond donors (Lipinski definition) is 1. The fourth-order valence-corrected chi connectivity index (χ4v) is 2.46. The summed E-state index contributed by atoms with van der Waals surface area (Å²) in [6, 6.07) is 15.5. The largest absolute Gasteiger partial charge is 0.465 e. The monoisotopic (exact) mass is 400 g/mol. The van der Waals surface area contributed by atoms with Gasteiger partial charge in [0.2, 0.25) is 0 Å². The fraction of sp³-hybridized carbons (Fsp3) is 0.0556. The van der Waals surface area contributed by atoms with E-state index in [9.17, 15) is 9.59 Å². The fourth-order valence-electron chi connectivity index (χ4n) is 2.20. The first kappa shape index (κ1) is 16.9. The molecule has 0 aliphatic heterocycles. The standard InChI is InChI=1S/C18H13BrN2O4/c1-24-18(23)13-4-2-3-5-14(13)20-17(22)15-10-16(25-21-15)11-6-8-12(19)9-7-11/h2-10H,1H3,(H,20,22). The second-order valence-electron chi connectivity index (χ2n) is 5.07. The summed E-state index contributed by atoms with van der Waals surface area (Å²) in [7, 11) is 1.28. The quantitative estimate of drug-likeness (QED) is 0.665. The van der Waals surface area contributed by atoms with Crippen LogP contribution in [0, 0.1) is 0 Å². The van der Waals surface area contributed by atoms with Gasteiger partial charge in [-0.25, -0.2) is 4.79 Å². The Bertz CT molecular complexity index is 919. The molecule has 25 heavy (non-hydrogen) atoms. The van der Waals surface area contributed by atoms with Gasteiger partial charge in [0.1, 0.15) is 0 Å². The van der Waals surface area contributed by atoms with Crippen LogP contribution in [0.4, 0.5) is 5.69 Å². The number of hydrogen-bond acceptors (Lipinski definition) is 5. The van der Waals surface area contributed by atoms with E-state index in [4.69, 9.17) is 9.26 Å². The van der Waals surface area contributed by atoms with Gasteiger partial charge in [-0.3, -0.25) is 4.79 Å². The predicted molar refractivity (Wildman–Crippen MR) is 95.4 cm³/mol. The van der Waals surface area contributed by atoms with E-state index in [1.165, 1.54) is 7.11 Å². The number of benzene rings is 2. The number of anilines is 1. The van der Waals surface area contributed by atoms with Crippen molar-refractivity contribution in [3.05, 3.63) is 70.3 Å². The average molecular weight is 401 g/mol. The maximum atomic E-state index is 12.4. The Labute approximate surface area is 151 Å². The number of halogens is 1. The smallest absolute Gasteiger partial charge is 0.339 e. The highest BCUT2D eigenvalue weighted by molar-refractivity contribution is 9.10. The number of para-hydroxylation sites is 1. The lowest BCUT2D eigenvalue weighted by Crippen LogP contribution is -2.15. The molecule has 0 spiro atoms. The van der Waals surface area contributed by atoms with Crippen LogP contribution < -0.4 is 5.32 Å². The summed E-state index contributed by atoms with van der Waals surface area (Å²) < 4.78 is 10.9. The number of carbonyl (C=O) groups excluding carboxylic acids is 2. The van der Waals surface area contributed by atoms with Crippen molar-refractivity contribution in [1.29, 1.82) is 0 Å². The van der Waals surface area contributed by atoms with Crippen LogP contribution in [0.15, 0.2) is 63.6 Å². The highest BCUT2D eigenvalue weighted by Crippen LogP contribution is 2.23. The Balaban J connectivity index is 1.81. The molecule has 1 amide bonds. The Hall–Kier alpha value is -2.93. The molecule has 3 rings (SSSR count). The van der Waals surface area contributed by atoms with E-state index in [0.29, 0.717) is 11.4 Å². The average Bonchev–Trinajstić information content (AvgIpc) is 3.12. The Morgan fingerprint density at radius 3 is 2.56 bits per heavy atom. The lowest BCUT2D eigenvalue weighted by atomic mass is 10.1. The van der Waals surface area contributed by atoms with E-state index in [1.54, 1.807) is 30.3 Å². The second kappa shape index (κ2) is 7.31. The second-order valence-corrected chi connectivity index (χ2v) is 5.99. The molecule has 6 nitrogen and oxygen atoms in total. The third-order valence-corrected chi connectivity index (χ3v) is 3.98. The molecule has 1 heterocycles. The van der Waals surface area contributed by atoms with Crippen LogP contribution in [-0.4, -0.2) is 24.1 Å². The van der Waals surface area contributed by atoms with Crippen LogP contribution >= 0.6 is 15.9 Å². The molecule has 0 bridgehead atoms. The van der Waals surface area contributed by atoms with Crippen molar-refractivity contribution in [1.82, 2.24) is 5.16 Å². The molecule has 126 valence electrons. The zero-order chi connectivity index (χ0) is 17.8. The molecule has 0 atom stereocenters. The summed E-state index contributed by atoms with van der Waals surface area (Å²) in [5, 5.41) is 6.44. The molecular weight excluding hydrogens is 388 g/mol. The predicted octanol–water partition coefficient (Wildman–Crippen LogP) is 4.14. The molecule has 0 unspecified atom stereocenters. The number of nitrogens with zero attached hydrogens (tertiary/aromatic N) is 1. The van der Waals surface area contributed by atoms with Gasteiger partial charge in [-0.05, 0) is 24.3 Å². The van der Waals surface area contributed by atoms with Crippen molar-refractivity contribution in [3.8, 4) is 11.3 Å². The molecule has 0 fully saturated rings. The molecule has 2 aromatic carbocycles. The number of nitrogens with one attached hydrogen (secondary N) is 1. The molecule has 0 radical (unpaired) electrons. The molecule has 3 aromatic rings. The third kappa shape index (κ3) is 3.77. The number of esters is 1. The van der Waals surface area contributed by atoms with Crippen LogP contribution in [0.5, 0.6) is 0 Å². The van der Waals surface area contributed by atoms with Gasteiger partial charge < -0.3 is 14.6 Å². The Morgan fingerprint density at radius 2 is 1.84 bits per heavy atom. The van der Waals surface area contributed by atoms with Gasteiger partial charge in [0, 0.05) is 16.1 Å². The van der Waals surface area contributed by atoms with Gasteiger partial charge in [0.05, 0.1) is 18.4 Å². The van der Waals surface area contributed by atoms with Crippen molar-refractivity contribution >= 4 is 33.5 Å². The van der Waals surface area contributed by atoms with Crippen LogP contribution in [0.1, 0.15) is 20.8 Å². The van der Waals surface area contributed by atoms with Crippen molar-refractivity contribution in [2.75, 3.05) is 12.4 Å². The summed E-state index contributed by atoms with van der Waals surface area (Å²) >= 11 is 3.36. The molecule has 0 aliphatic carbocycles. The van der Waals surface area contributed by atoms with E-state index in [0.717, 1.165) is 10.0 Å². The number of rotatable bonds is 4. The zero-order valence-corrected chi connectivity index (χ0v) is 14.7. The maximum Gasteiger partial charge on any atom is 0.339 e. The van der Waals surface area contributed by atoms with E-state index in [1.807, 2.05) is 24.3 Å². The topological polar surface area (TPSA) is 81.4 Å². The highest BCUT2D eigenvalue weighted by atomic mass is 79.9. The van der Waals surface area contributed by atoms with Crippen molar-refractivity contribution in [3.63, 3.8) is 0 Å². The van der Waals surface area contributed by atoms with Gasteiger partial charge in [0.15, 0.2) is 11.5 Å². The first-order valence-corrected chi connectivity index (χ1v) is 8.09. The van der Waals surface area contributed by atoms with Gasteiger partial charge in [-0.15, -0.1) is 0 Å². The molecule has 1 N–H and O–H groups in total. The van der Waals surface area contributed by atoms with Crippen molar-refractivity contribution in [2.45, 2.75) is 0 Å². The van der Waals surface area contributed by atoms with Gasteiger partial charge in [-0.2, -0.15) is 0 Å². The maximum absolute atomic E-state index is 12.4. The minimum atomic E-state index is -0.536. The van der Waals surface area contributed by atoms with Gasteiger partial charge >= 0.3 is 5.97 Å². The summed E-state index contributed by atoms with van der Waals surface area (Å²) in [6.45, 7) is 0. The normalized spacial score (nSPS) is 10.3.